The molecule has 0 radical (unpaired) electrons. The maximum absolute atomic E-state index is 4.76. The van der Waals surface area contributed by atoms with Gasteiger partial charge in [0.1, 0.15) is 0 Å². The Balaban J connectivity index is 0.000000196. The number of hydrogen-bond donors (Lipinski definition) is 0. The minimum atomic E-state index is -0.171. The van der Waals surface area contributed by atoms with Crippen molar-refractivity contribution in [3.63, 3.8) is 0 Å². The third kappa shape index (κ3) is 9.47. The van der Waals surface area contributed by atoms with Crippen molar-refractivity contribution < 1.29 is 13.1 Å². The molecule has 0 fully saturated rings. The van der Waals surface area contributed by atoms with Gasteiger partial charge < -0.3 is 0 Å². The average Bonchev–Trinajstić information content (AvgIpc) is 2.86. The van der Waals surface area contributed by atoms with E-state index in [1.165, 1.54) is 21.2 Å². The second kappa shape index (κ2) is 15.6. The molecule has 0 aliphatic rings. The number of benzene rings is 4. The first kappa shape index (κ1) is 26.1. The third-order valence-electron chi connectivity index (χ3n) is 4.57. The monoisotopic (exact) mass is 526 g/mol. The van der Waals surface area contributed by atoms with E-state index < -0.39 is 0 Å². The molecule has 31 heavy (non-hydrogen) atoms. The van der Waals surface area contributed by atoms with Crippen LogP contribution in [0.25, 0.3) is 0 Å². The summed E-state index contributed by atoms with van der Waals surface area (Å²) in [5.74, 6) is 0. The molecule has 0 aliphatic carbocycles. The Morgan fingerprint density at radius 2 is 0.581 bits per heavy atom. The quantitative estimate of drug-likeness (QED) is 0.201. The zero-order chi connectivity index (χ0) is 22.3. The molecule has 0 amide bonds. The zero-order valence-corrected chi connectivity index (χ0v) is 22.0. The molecular formula is C26H26Cl2FeP2. The fraction of sp³-hybridized carbons (Fsp3) is 0.0769. The molecule has 0 bridgehead atoms. The van der Waals surface area contributed by atoms with Crippen LogP contribution in [0.4, 0.5) is 0 Å². The maximum atomic E-state index is 4.76. The van der Waals surface area contributed by atoms with Gasteiger partial charge in [-0.05, 0) is 50.4 Å². The molecule has 0 spiro atoms. The van der Waals surface area contributed by atoms with Crippen molar-refractivity contribution >= 4 is 57.3 Å². The van der Waals surface area contributed by atoms with E-state index in [-0.39, 0.29) is 29.0 Å². The fourth-order valence-electron chi connectivity index (χ4n) is 2.90. The summed E-state index contributed by atoms with van der Waals surface area (Å²) in [5, 5.41) is 5.75. The molecule has 4 aromatic carbocycles. The third-order valence-corrected chi connectivity index (χ3v) is 8.86. The van der Waals surface area contributed by atoms with E-state index in [9.17, 15) is 0 Å². The van der Waals surface area contributed by atoms with Crippen molar-refractivity contribution in [2.45, 2.75) is 0 Å². The summed E-state index contributed by atoms with van der Waals surface area (Å²) < 4.78 is 0. The molecule has 4 aromatic rings. The van der Waals surface area contributed by atoms with Gasteiger partial charge in [-0.2, -0.15) is 0 Å². The van der Waals surface area contributed by atoms with Gasteiger partial charge in [0.15, 0.2) is 0 Å². The molecule has 0 N–H and O–H groups in total. The van der Waals surface area contributed by atoms with Gasteiger partial charge in [-0.15, -0.1) is 0 Å². The van der Waals surface area contributed by atoms with Crippen LogP contribution in [-0.2, 0) is 13.1 Å². The van der Waals surface area contributed by atoms with E-state index in [1.54, 1.807) is 0 Å². The Morgan fingerprint density at radius 1 is 0.419 bits per heavy atom. The summed E-state index contributed by atoms with van der Waals surface area (Å²) in [7, 11) is 9.19. The Labute approximate surface area is 204 Å². The predicted molar refractivity (Wildman–Crippen MR) is 142 cm³/mol. The van der Waals surface area contributed by atoms with Gasteiger partial charge in [-0.25, -0.2) is 0 Å². The van der Waals surface area contributed by atoms with Gasteiger partial charge in [0, 0.05) is 0 Å². The molecule has 0 unspecified atom stereocenters. The molecule has 5 heteroatoms. The van der Waals surface area contributed by atoms with Gasteiger partial charge in [0.05, 0.1) is 0 Å². The number of rotatable bonds is 4. The van der Waals surface area contributed by atoms with Gasteiger partial charge in [-0.3, -0.25) is 0 Å². The normalized spacial score (nSPS) is 10.1. The Kier molecular flexibility index (Phi) is 13.1. The van der Waals surface area contributed by atoms with Crippen molar-refractivity contribution in [1.29, 1.82) is 0 Å². The second-order valence-electron chi connectivity index (χ2n) is 6.51. The van der Waals surface area contributed by atoms with Crippen LogP contribution in [0.3, 0.4) is 0 Å². The standard InChI is InChI=1S/2C13H13P.2ClH.Fe/c2*1-14(12-8-4-2-5-9-12)13-10-6-3-7-11-13;;;/h2*2-11H,1H3;2*1H;/q;;;;+2/p-2. The van der Waals surface area contributed by atoms with Crippen LogP contribution >= 0.6 is 36.0 Å². The Hall–Kier alpha value is -1.16. The van der Waals surface area contributed by atoms with E-state index in [0.29, 0.717) is 0 Å². The van der Waals surface area contributed by atoms with Crippen LogP contribution in [0.2, 0.25) is 0 Å². The van der Waals surface area contributed by atoms with E-state index in [0.717, 1.165) is 0 Å². The summed E-state index contributed by atoms with van der Waals surface area (Å²) in [4.78, 5) is 0. The van der Waals surface area contributed by atoms with E-state index in [1.807, 2.05) is 0 Å². The van der Waals surface area contributed by atoms with Crippen molar-refractivity contribution in [1.82, 2.24) is 0 Å². The molecule has 0 nitrogen and oxygen atoms in total. The summed E-state index contributed by atoms with van der Waals surface area (Å²) in [6.45, 7) is 4.61. The molecule has 0 aliphatic heterocycles. The van der Waals surface area contributed by atoms with Crippen molar-refractivity contribution in [3.8, 4) is 0 Å². The van der Waals surface area contributed by atoms with Gasteiger partial charge in [0.25, 0.3) is 0 Å². The van der Waals surface area contributed by atoms with Gasteiger partial charge in [-0.1, -0.05) is 121 Å². The first-order valence-corrected chi connectivity index (χ1v) is 16.3. The number of halogens is 2. The van der Waals surface area contributed by atoms with Gasteiger partial charge in [0.2, 0.25) is 0 Å². The summed E-state index contributed by atoms with van der Waals surface area (Å²) in [6.07, 6.45) is 0. The van der Waals surface area contributed by atoms with E-state index in [4.69, 9.17) is 20.2 Å². The summed E-state index contributed by atoms with van der Waals surface area (Å²) in [5.41, 5.74) is 0. The molecule has 0 saturated carbocycles. The first-order valence-electron chi connectivity index (χ1n) is 9.70. The fourth-order valence-corrected chi connectivity index (χ4v) is 5.98. The van der Waals surface area contributed by atoms with Crippen LogP contribution in [0.1, 0.15) is 0 Å². The first-order chi connectivity index (χ1) is 15.2. The summed E-state index contributed by atoms with van der Waals surface area (Å²) in [6, 6.07) is 42.8. The number of hydrogen-bond acceptors (Lipinski definition) is 0. The SMILES string of the molecule is CP(c1ccccc1)c1ccccc1.CP(c1ccccc1)c1ccccc1.[Cl][Fe][Cl]. The second-order valence-corrected chi connectivity index (χ2v) is 12.6. The van der Waals surface area contributed by atoms with Crippen LogP contribution < -0.4 is 21.2 Å². The van der Waals surface area contributed by atoms with Crippen LogP contribution in [-0.4, -0.2) is 13.3 Å². The Bertz CT molecular complexity index is 796. The van der Waals surface area contributed by atoms with Crippen LogP contribution in [0, 0.1) is 0 Å². The van der Waals surface area contributed by atoms with Gasteiger partial charge >= 0.3 is 33.3 Å². The Morgan fingerprint density at radius 3 is 0.742 bits per heavy atom. The van der Waals surface area contributed by atoms with E-state index in [2.05, 4.69) is 135 Å². The molecule has 162 valence electrons. The average molecular weight is 527 g/mol. The van der Waals surface area contributed by atoms with Crippen molar-refractivity contribution in [2.75, 3.05) is 13.3 Å². The predicted octanol–water partition coefficient (Wildman–Crippen LogP) is 6.87. The minimum absolute atomic E-state index is 0.171. The molecule has 0 atom stereocenters. The topological polar surface area (TPSA) is 0 Å². The van der Waals surface area contributed by atoms with Crippen LogP contribution in [0.15, 0.2) is 121 Å². The molecule has 0 saturated heterocycles. The van der Waals surface area contributed by atoms with Crippen LogP contribution in [0.5, 0.6) is 0 Å². The summed E-state index contributed by atoms with van der Waals surface area (Å²) >= 11 is 0.194. The molecular weight excluding hydrogens is 501 g/mol. The van der Waals surface area contributed by atoms with Crippen molar-refractivity contribution in [2.24, 2.45) is 0 Å². The van der Waals surface area contributed by atoms with Crippen molar-refractivity contribution in [3.05, 3.63) is 121 Å². The van der Waals surface area contributed by atoms with E-state index >= 15 is 0 Å². The molecule has 0 aromatic heterocycles. The zero-order valence-electron chi connectivity index (χ0n) is 17.6. The molecule has 0 heterocycles. The molecule has 4 rings (SSSR count).